The number of hydrogen-bond donors (Lipinski definition) is 1. The van der Waals surface area contributed by atoms with Crippen LogP contribution in [0, 0.1) is 5.92 Å². The summed E-state index contributed by atoms with van der Waals surface area (Å²) in [5, 5.41) is 4.28. The summed E-state index contributed by atoms with van der Waals surface area (Å²) in [5.41, 5.74) is 2.15. The van der Waals surface area contributed by atoms with Crippen molar-refractivity contribution >= 4 is 40.1 Å². The molecule has 6 nitrogen and oxygen atoms in total. The van der Waals surface area contributed by atoms with Crippen molar-refractivity contribution in [1.82, 2.24) is 4.90 Å². The number of rotatable bonds is 6. The molecule has 2 aromatic carbocycles. The summed E-state index contributed by atoms with van der Waals surface area (Å²) in [4.78, 5) is 26.9. The van der Waals surface area contributed by atoms with Gasteiger partial charge in [0, 0.05) is 34.1 Å². The van der Waals surface area contributed by atoms with Gasteiger partial charge in [0.2, 0.25) is 0 Å². The number of Topliss-reactive ketones (excluding diaryl/α,β-unsaturated/α-hetero) is 1. The molecule has 1 amide bonds. The van der Waals surface area contributed by atoms with Gasteiger partial charge in [-0.15, -0.1) is 0 Å². The van der Waals surface area contributed by atoms with Crippen molar-refractivity contribution in [3.63, 3.8) is 0 Å². The van der Waals surface area contributed by atoms with Gasteiger partial charge in [0.1, 0.15) is 12.2 Å². The summed E-state index contributed by atoms with van der Waals surface area (Å²) in [6.07, 6.45) is 2.74. The number of nitrogens with zero attached hydrogens (tertiary/aromatic N) is 1. The minimum absolute atomic E-state index is 0.0319. The summed E-state index contributed by atoms with van der Waals surface area (Å²) in [5.74, 6) is 0.209. The Morgan fingerprint density at radius 3 is 2.63 bits per heavy atom. The SMILES string of the molecule is O=C(Nc1ccc2occc2c1)OCCN1CCC(C(=O)c2ccc(Cl)cc2)CC1. The largest absolute Gasteiger partial charge is 0.464 e. The second-order valence-corrected chi connectivity index (χ2v) is 7.86. The van der Waals surface area contributed by atoms with Gasteiger partial charge in [-0.25, -0.2) is 4.79 Å². The number of nitrogens with one attached hydrogen (secondary N) is 1. The smallest absolute Gasteiger partial charge is 0.411 e. The van der Waals surface area contributed by atoms with Crippen molar-refractivity contribution in [2.45, 2.75) is 12.8 Å². The number of piperidine rings is 1. The zero-order chi connectivity index (χ0) is 20.9. The molecule has 1 N–H and O–H groups in total. The van der Waals surface area contributed by atoms with E-state index in [0.717, 1.165) is 36.9 Å². The van der Waals surface area contributed by atoms with E-state index >= 15 is 0 Å². The van der Waals surface area contributed by atoms with Crippen LogP contribution in [0.25, 0.3) is 11.0 Å². The second-order valence-electron chi connectivity index (χ2n) is 7.42. The van der Waals surface area contributed by atoms with Crippen molar-refractivity contribution in [2.75, 3.05) is 31.6 Å². The maximum Gasteiger partial charge on any atom is 0.411 e. The number of hydrogen-bond acceptors (Lipinski definition) is 5. The van der Waals surface area contributed by atoms with Crippen LogP contribution in [-0.2, 0) is 4.74 Å². The molecule has 0 atom stereocenters. The molecule has 1 aliphatic rings. The molecule has 0 saturated carbocycles. The highest BCUT2D eigenvalue weighted by Gasteiger charge is 2.25. The minimum Gasteiger partial charge on any atom is -0.464 e. The molecule has 0 aliphatic carbocycles. The van der Waals surface area contributed by atoms with Gasteiger partial charge in [-0.2, -0.15) is 0 Å². The fraction of sp³-hybridized carbons (Fsp3) is 0.304. The zero-order valence-corrected chi connectivity index (χ0v) is 17.2. The van der Waals surface area contributed by atoms with Crippen LogP contribution in [0.5, 0.6) is 0 Å². The molecule has 1 aromatic heterocycles. The topological polar surface area (TPSA) is 71.8 Å². The lowest BCUT2D eigenvalue weighted by atomic mass is 9.89. The number of fused-ring (bicyclic) bond motifs is 1. The van der Waals surface area contributed by atoms with E-state index in [1.54, 1.807) is 42.7 Å². The average molecular weight is 427 g/mol. The van der Waals surface area contributed by atoms with E-state index in [0.29, 0.717) is 29.4 Å². The van der Waals surface area contributed by atoms with Crippen LogP contribution in [0.1, 0.15) is 23.2 Å². The predicted molar refractivity (Wildman–Crippen MR) is 116 cm³/mol. The van der Waals surface area contributed by atoms with Gasteiger partial charge in [0.15, 0.2) is 5.78 Å². The number of likely N-dealkylation sites (tertiary alicyclic amines) is 1. The molecule has 2 heterocycles. The molecule has 0 radical (unpaired) electrons. The van der Waals surface area contributed by atoms with E-state index in [2.05, 4.69) is 10.2 Å². The Bertz CT molecular complexity index is 1020. The van der Waals surface area contributed by atoms with Gasteiger partial charge in [-0.3, -0.25) is 15.0 Å². The van der Waals surface area contributed by atoms with Gasteiger partial charge in [-0.1, -0.05) is 11.6 Å². The van der Waals surface area contributed by atoms with Gasteiger partial charge < -0.3 is 9.15 Å². The first-order chi connectivity index (χ1) is 14.6. The number of halogens is 1. The molecule has 3 aromatic rings. The highest BCUT2D eigenvalue weighted by Crippen LogP contribution is 2.23. The van der Waals surface area contributed by atoms with Crippen LogP contribution < -0.4 is 5.32 Å². The van der Waals surface area contributed by atoms with Gasteiger partial charge >= 0.3 is 6.09 Å². The Hall–Kier alpha value is -2.83. The highest BCUT2D eigenvalue weighted by molar-refractivity contribution is 6.30. The lowest BCUT2D eigenvalue weighted by Crippen LogP contribution is -2.38. The summed E-state index contributed by atoms with van der Waals surface area (Å²) >= 11 is 5.89. The first-order valence-electron chi connectivity index (χ1n) is 10.0. The molecule has 156 valence electrons. The summed E-state index contributed by atoms with van der Waals surface area (Å²) in [6.45, 7) is 2.57. The number of ether oxygens (including phenoxy) is 1. The van der Waals surface area contributed by atoms with E-state index in [-0.39, 0.29) is 11.7 Å². The minimum atomic E-state index is -0.481. The Morgan fingerprint density at radius 1 is 1.10 bits per heavy atom. The van der Waals surface area contributed by atoms with Crippen molar-refractivity contribution in [1.29, 1.82) is 0 Å². The van der Waals surface area contributed by atoms with Crippen LogP contribution in [0.15, 0.2) is 59.2 Å². The molecule has 0 spiro atoms. The first kappa shape index (κ1) is 20.4. The van der Waals surface area contributed by atoms with Crippen LogP contribution in [0.2, 0.25) is 5.02 Å². The molecule has 0 bridgehead atoms. The fourth-order valence-electron chi connectivity index (χ4n) is 3.73. The van der Waals surface area contributed by atoms with Gasteiger partial charge in [0.05, 0.1) is 6.26 Å². The van der Waals surface area contributed by atoms with Crippen molar-refractivity contribution in [3.8, 4) is 0 Å². The second kappa shape index (κ2) is 9.32. The molecule has 7 heteroatoms. The molecule has 0 unspecified atom stereocenters. The third kappa shape index (κ3) is 5.01. The van der Waals surface area contributed by atoms with Crippen LogP contribution in [0.4, 0.5) is 10.5 Å². The van der Waals surface area contributed by atoms with Crippen LogP contribution in [0.3, 0.4) is 0 Å². The number of anilines is 1. The maximum atomic E-state index is 12.6. The van der Waals surface area contributed by atoms with Gasteiger partial charge in [-0.05, 0) is 74.5 Å². The maximum absolute atomic E-state index is 12.6. The molecule has 1 fully saturated rings. The standard InChI is InChI=1S/C23H23ClN2O4/c24-19-3-1-16(2-4-19)22(27)17-7-10-26(11-8-17)12-14-30-23(28)25-20-5-6-21-18(15-20)9-13-29-21/h1-6,9,13,15,17H,7-8,10-12,14H2,(H,25,28). The van der Waals surface area contributed by atoms with Crippen molar-refractivity contribution < 1.29 is 18.7 Å². The normalized spacial score (nSPS) is 15.2. The molecule has 1 aliphatic heterocycles. The van der Waals surface area contributed by atoms with Crippen molar-refractivity contribution in [3.05, 3.63) is 65.4 Å². The number of ketones is 1. The van der Waals surface area contributed by atoms with Crippen LogP contribution >= 0.6 is 11.6 Å². The quantitative estimate of drug-likeness (QED) is 0.546. The van der Waals surface area contributed by atoms with E-state index in [4.69, 9.17) is 20.8 Å². The first-order valence-corrected chi connectivity index (χ1v) is 10.4. The van der Waals surface area contributed by atoms with E-state index in [1.165, 1.54) is 0 Å². The lowest BCUT2D eigenvalue weighted by Gasteiger charge is -2.31. The van der Waals surface area contributed by atoms with Gasteiger partial charge in [0.25, 0.3) is 0 Å². The monoisotopic (exact) mass is 426 g/mol. The van der Waals surface area contributed by atoms with Crippen LogP contribution in [-0.4, -0.2) is 43.0 Å². The van der Waals surface area contributed by atoms with Crippen molar-refractivity contribution in [2.24, 2.45) is 5.92 Å². The molecule has 30 heavy (non-hydrogen) atoms. The lowest BCUT2D eigenvalue weighted by molar-refractivity contribution is 0.0813. The number of amides is 1. The molecular formula is C23H23ClN2O4. The average Bonchev–Trinajstić information content (AvgIpc) is 3.22. The Morgan fingerprint density at radius 2 is 1.87 bits per heavy atom. The summed E-state index contributed by atoms with van der Waals surface area (Å²) < 4.78 is 10.6. The molecule has 4 rings (SSSR count). The number of carbonyl (C=O) groups is 2. The summed E-state index contributed by atoms with van der Waals surface area (Å²) in [7, 11) is 0. The number of furan rings is 1. The zero-order valence-electron chi connectivity index (χ0n) is 16.5. The van der Waals surface area contributed by atoms with E-state index < -0.39 is 6.09 Å². The third-order valence-electron chi connectivity index (χ3n) is 5.43. The third-order valence-corrected chi connectivity index (χ3v) is 5.68. The van der Waals surface area contributed by atoms with E-state index in [9.17, 15) is 9.59 Å². The fourth-order valence-corrected chi connectivity index (χ4v) is 3.86. The summed E-state index contributed by atoms with van der Waals surface area (Å²) in [6, 6.07) is 14.3. The predicted octanol–water partition coefficient (Wildman–Crippen LogP) is 5.23. The molecule has 1 saturated heterocycles. The highest BCUT2D eigenvalue weighted by atomic mass is 35.5. The Balaban J connectivity index is 1.18. The van der Waals surface area contributed by atoms with E-state index in [1.807, 2.05) is 12.1 Å². The number of benzene rings is 2. The Labute approximate surface area is 179 Å². The Kier molecular flexibility index (Phi) is 6.35. The molecular weight excluding hydrogens is 404 g/mol. The number of carbonyl (C=O) groups excluding carboxylic acids is 2.